The molecule has 0 aliphatic rings. The van der Waals surface area contributed by atoms with Crippen LogP contribution in [-0.4, -0.2) is 21.4 Å². The highest BCUT2D eigenvalue weighted by Gasteiger charge is 2.18. The minimum Gasteiger partial charge on any atom is -0.370 e. The van der Waals surface area contributed by atoms with Crippen molar-refractivity contribution >= 4 is 33.7 Å². The molecule has 0 radical (unpaired) electrons. The summed E-state index contributed by atoms with van der Waals surface area (Å²) in [5, 5.41) is 11.1. The number of aryl methyl sites for hydroxylation is 1. The first-order valence-electron chi connectivity index (χ1n) is 8.27. The average Bonchev–Trinajstić information content (AvgIpc) is 2.99. The van der Waals surface area contributed by atoms with Crippen LogP contribution in [0.25, 0.3) is 27.5 Å². The predicted octanol–water partition coefficient (Wildman–Crippen LogP) is 3.25. The number of hydrogen-bond acceptors (Lipinski definition) is 3. The molecule has 4 N–H and O–H groups in total. The highest BCUT2D eigenvalue weighted by Crippen LogP contribution is 2.29. The van der Waals surface area contributed by atoms with Gasteiger partial charge < -0.3 is 10.3 Å². The van der Waals surface area contributed by atoms with Crippen LogP contribution in [0.2, 0.25) is 0 Å². The van der Waals surface area contributed by atoms with Crippen molar-refractivity contribution in [2.24, 2.45) is 5.73 Å². The van der Waals surface area contributed by atoms with Gasteiger partial charge in [0.2, 0.25) is 0 Å². The molecular weight excluding hydrogens is 345 g/mol. The van der Waals surface area contributed by atoms with Crippen molar-refractivity contribution in [1.82, 2.24) is 14.9 Å². The number of fused-ring (bicyclic) bond motifs is 2. The van der Waals surface area contributed by atoms with E-state index in [9.17, 15) is 9.18 Å². The molecule has 0 saturated carbocycles. The number of para-hydroxylation sites is 1. The zero-order chi connectivity index (χ0) is 19.1. The van der Waals surface area contributed by atoms with Crippen LogP contribution in [-0.2, 0) is 0 Å². The number of nitrogens with two attached hydrogens (primary N) is 1. The van der Waals surface area contributed by atoms with Crippen molar-refractivity contribution in [2.75, 3.05) is 0 Å². The van der Waals surface area contributed by atoms with Crippen LogP contribution in [0.5, 0.6) is 0 Å². The van der Waals surface area contributed by atoms with E-state index in [1.54, 1.807) is 12.3 Å². The van der Waals surface area contributed by atoms with Gasteiger partial charge in [-0.3, -0.25) is 20.5 Å². The Morgan fingerprint density at radius 2 is 1.96 bits per heavy atom. The molecule has 0 atom stereocenters. The van der Waals surface area contributed by atoms with Gasteiger partial charge in [-0.15, -0.1) is 0 Å². The third-order valence-electron chi connectivity index (χ3n) is 4.34. The number of aromatic nitrogens is 2. The van der Waals surface area contributed by atoms with Crippen LogP contribution in [0.15, 0.2) is 54.7 Å². The Morgan fingerprint density at radius 1 is 1.19 bits per heavy atom. The standard InChI is InChI=1S/C20H16FN5O/c1-11-8-18(14-7-6-12(21)9-16(14)24-11)26-10-15(19(27)25-20(22)23)13-4-2-3-5-17(13)26/h2-10H,1H3,(H4,22,23,25,27). The van der Waals surface area contributed by atoms with E-state index in [-0.39, 0.29) is 5.82 Å². The second kappa shape index (κ2) is 6.21. The number of amides is 1. The van der Waals surface area contributed by atoms with Crippen LogP contribution >= 0.6 is 0 Å². The summed E-state index contributed by atoms with van der Waals surface area (Å²) < 4.78 is 15.5. The molecule has 0 aliphatic carbocycles. The van der Waals surface area contributed by atoms with Crippen LogP contribution < -0.4 is 11.1 Å². The Labute approximate surface area is 153 Å². The minimum atomic E-state index is -0.460. The molecule has 1 amide bonds. The van der Waals surface area contributed by atoms with E-state index in [2.05, 4.69) is 10.3 Å². The molecule has 134 valence electrons. The molecule has 2 aromatic carbocycles. The molecule has 2 aromatic heterocycles. The number of hydrogen-bond donors (Lipinski definition) is 3. The molecule has 6 nitrogen and oxygen atoms in total. The van der Waals surface area contributed by atoms with Crippen molar-refractivity contribution in [2.45, 2.75) is 6.92 Å². The van der Waals surface area contributed by atoms with Crippen LogP contribution in [0.4, 0.5) is 4.39 Å². The normalized spacial score (nSPS) is 11.0. The van der Waals surface area contributed by atoms with E-state index in [1.807, 2.05) is 41.8 Å². The first-order valence-corrected chi connectivity index (χ1v) is 8.27. The Morgan fingerprint density at radius 3 is 2.74 bits per heavy atom. The summed E-state index contributed by atoms with van der Waals surface area (Å²) in [5.41, 5.74) is 8.56. The minimum absolute atomic E-state index is 0.356. The summed E-state index contributed by atoms with van der Waals surface area (Å²) in [6.45, 7) is 1.84. The number of nitrogens with zero attached hydrogens (tertiary/aromatic N) is 2. The SMILES string of the molecule is Cc1cc(-n2cc(C(=O)NC(=N)N)c3ccccc32)c2ccc(F)cc2n1. The molecule has 0 saturated heterocycles. The van der Waals surface area contributed by atoms with Crippen LogP contribution in [0.1, 0.15) is 16.1 Å². The number of carbonyl (C=O) groups excluding carboxylic acids is 1. The number of nitrogens with one attached hydrogen (secondary N) is 2. The second-order valence-corrected chi connectivity index (χ2v) is 6.24. The van der Waals surface area contributed by atoms with E-state index in [0.717, 1.165) is 27.7 Å². The number of rotatable bonds is 2. The van der Waals surface area contributed by atoms with Gasteiger partial charge in [0, 0.05) is 28.7 Å². The number of carbonyl (C=O) groups is 1. The molecule has 27 heavy (non-hydrogen) atoms. The van der Waals surface area contributed by atoms with Crippen molar-refractivity contribution in [3.8, 4) is 5.69 Å². The molecule has 0 aliphatic heterocycles. The van der Waals surface area contributed by atoms with Crippen molar-refractivity contribution < 1.29 is 9.18 Å². The molecule has 2 heterocycles. The third-order valence-corrected chi connectivity index (χ3v) is 4.34. The van der Waals surface area contributed by atoms with E-state index in [4.69, 9.17) is 11.1 Å². The quantitative estimate of drug-likeness (QED) is 0.378. The number of benzene rings is 2. The lowest BCUT2D eigenvalue weighted by Crippen LogP contribution is -2.35. The number of halogens is 1. The highest BCUT2D eigenvalue weighted by molar-refractivity contribution is 6.12. The van der Waals surface area contributed by atoms with Gasteiger partial charge in [-0.25, -0.2) is 4.39 Å². The van der Waals surface area contributed by atoms with Gasteiger partial charge in [0.25, 0.3) is 5.91 Å². The van der Waals surface area contributed by atoms with Crippen molar-refractivity contribution in [3.63, 3.8) is 0 Å². The lowest BCUT2D eigenvalue weighted by Gasteiger charge is -2.11. The fourth-order valence-corrected chi connectivity index (χ4v) is 3.26. The van der Waals surface area contributed by atoms with Gasteiger partial charge in [0.15, 0.2) is 5.96 Å². The Balaban J connectivity index is 2.02. The number of guanidine groups is 1. The largest absolute Gasteiger partial charge is 0.370 e. The summed E-state index contributed by atoms with van der Waals surface area (Å²) in [6, 6.07) is 13.8. The summed E-state index contributed by atoms with van der Waals surface area (Å²) >= 11 is 0. The lowest BCUT2D eigenvalue weighted by atomic mass is 10.1. The first kappa shape index (κ1) is 16.7. The van der Waals surface area contributed by atoms with E-state index in [0.29, 0.717) is 11.1 Å². The molecular formula is C20H16FN5O. The average molecular weight is 361 g/mol. The molecule has 7 heteroatoms. The zero-order valence-electron chi connectivity index (χ0n) is 14.5. The maximum Gasteiger partial charge on any atom is 0.260 e. The predicted molar refractivity (Wildman–Crippen MR) is 103 cm³/mol. The van der Waals surface area contributed by atoms with Crippen LogP contribution in [0.3, 0.4) is 0 Å². The first-order chi connectivity index (χ1) is 12.9. The Bertz CT molecular complexity index is 1220. The topological polar surface area (TPSA) is 96.8 Å². The van der Waals surface area contributed by atoms with Gasteiger partial charge in [-0.2, -0.15) is 0 Å². The molecule has 4 rings (SSSR count). The molecule has 0 fully saturated rings. The fourth-order valence-electron chi connectivity index (χ4n) is 3.26. The Hall–Kier alpha value is -3.74. The molecule has 4 aromatic rings. The van der Waals surface area contributed by atoms with E-state index >= 15 is 0 Å². The monoisotopic (exact) mass is 361 g/mol. The maximum absolute atomic E-state index is 13.7. The van der Waals surface area contributed by atoms with Crippen molar-refractivity contribution in [3.05, 3.63) is 71.8 Å². The van der Waals surface area contributed by atoms with Gasteiger partial charge >= 0.3 is 0 Å². The molecule has 0 spiro atoms. The Kier molecular flexibility index (Phi) is 3.84. The fraction of sp³-hybridized carbons (Fsp3) is 0.0500. The zero-order valence-corrected chi connectivity index (χ0v) is 14.5. The van der Waals surface area contributed by atoms with Gasteiger partial charge in [0.1, 0.15) is 5.82 Å². The van der Waals surface area contributed by atoms with Crippen LogP contribution in [0, 0.1) is 18.2 Å². The van der Waals surface area contributed by atoms with E-state index < -0.39 is 11.9 Å². The van der Waals surface area contributed by atoms with Gasteiger partial charge in [-0.1, -0.05) is 18.2 Å². The highest BCUT2D eigenvalue weighted by atomic mass is 19.1. The number of pyridine rings is 1. The molecule has 0 unspecified atom stereocenters. The molecule has 0 bridgehead atoms. The summed E-state index contributed by atoms with van der Waals surface area (Å²) in [6.07, 6.45) is 1.69. The second-order valence-electron chi connectivity index (χ2n) is 6.24. The van der Waals surface area contributed by atoms with Gasteiger partial charge in [-0.05, 0) is 31.2 Å². The van der Waals surface area contributed by atoms with E-state index in [1.165, 1.54) is 12.1 Å². The third kappa shape index (κ3) is 2.89. The smallest absolute Gasteiger partial charge is 0.260 e. The maximum atomic E-state index is 13.7. The lowest BCUT2D eigenvalue weighted by molar-refractivity contribution is 0.0978. The summed E-state index contributed by atoms with van der Waals surface area (Å²) in [4.78, 5) is 16.9. The van der Waals surface area contributed by atoms with Crippen molar-refractivity contribution in [1.29, 1.82) is 5.41 Å². The summed E-state index contributed by atoms with van der Waals surface area (Å²) in [5.74, 6) is -1.23. The summed E-state index contributed by atoms with van der Waals surface area (Å²) in [7, 11) is 0. The van der Waals surface area contributed by atoms with Gasteiger partial charge in [0.05, 0.1) is 22.3 Å².